The molecule has 8 heteroatoms. The summed E-state index contributed by atoms with van der Waals surface area (Å²) in [6.45, 7) is 3.00. The lowest BCUT2D eigenvalue weighted by Gasteiger charge is -2.23. The van der Waals surface area contributed by atoms with Crippen molar-refractivity contribution in [2.75, 3.05) is 11.5 Å². The van der Waals surface area contributed by atoms with Gasteiger partial charge in [0.05, 0.1) is 22.3 Å². The van der Waals surface area contributed by atoms with Gasteiger partial charge in [0, 0.05) is 23.9 Å². The lowest BCUT2D eigenvalue weighted by molar-refractivity contribution is -0.131. The molecule has 156 valence electrons. The first-order valence-electron chi connectivity index (χ1n) is 9.27. The number of nitrogen functional groups attached to an aromatic ring is 2. The van der Waals surface area contributed by atoms with Gasteiger partial charge < -0.3 is 26.4 Å². The third kappa shape index (κ3) is 2.96. The number of hydrogen-bond acceptors (Lipinski definition) is 8. The number of phenols is 2. The number of ketones is 2. The van der Waals surface area contributed by atoms with Crippen LogP contribution in [0.1, 0.15) is 44.3 Å². The van der Waals surface area contributed by atoms with Gasteiger partial charge in [0.15, 0.2) is 0 Å². The maximum atomic E-state index is 13.2. The molecule has 8 nitrogen and oxygen atoms in total. The molecule has 0 amide bonds. The van der Waals surface area contributed by atoms with E-state index < -0.39 is 29.0 Å². The van der Waals surface area contributed by atoms with Crippen molar-refractivity contribution in [3.63, 3.8) is 0 Å². The van der Waals surface area contributed by atoms with Gasteiger partial charge in [-0.15, -0.1) is 0 Å². The van der Waals surface area contributed by atoms with Gasteiger partial charge in [-0.05, 0) is 48.4 Å². The number of nitrogens with two attached hydrogens (primary N) is 2. The standard InChI is InChI=1S/C23H18N2O6/c1-9-7-11(3-6-16(9)31-10(2)26)12-8-14(25)18-20(21(12)28)23(30)17-13(24)4-5-15(27)19(17)22(18)29/h3-8,27-28H,24-25H2,1-2H3. The Morgan fingerprint density at radius 1 is 0.871 bits per heavy atom. The Balaban J connectivity index is 1.94. The van der Waals surface area contributed by atoms with Gasteiger partial charge in [0.25, 0.3) is 0 Å². The molecule has 31 heavy (non-hydrogen) atoms. The Morgan fingerprint density at radius 3 is 2.16 bits per heavy atom. The van der Waals surface area contributed by atoms with Crippen molar-refractivity contribution in [3.05, 3.63) is 64.2 Å². The smallest absolute Gasteiger partial charge is 0.308 e. The summed E-state index contributed by atoms with van der Waals surface area (Å²) in [7, 11) is 0. The number of hydrogen-bond donors (Lipinski definition) is 4. The van der Waals surface area contributed by atoms with Crippen molar-refractivity contribution in [2.45, 2.75) is 13.8 Å². The predicted molar refractivity (Wildman–Crippen MR) is 113 cm³/mol. The molecule has 0 unspecified atom stereocenters. The molecule has 0 aliphatic heterocycles. The first kappa shape index (κ1) is 20.0. The highest BCUT2D eigenvalue weighted by molar-refractivity contribution is 6.33. The number of phenolic OH excluding ortho intramolecular Hbond substituents is 2. The summed E-state index contributed by atoms with van der Waals surface area (Å²) in [5.41, 5.74) is 12.4. The molecule has 4 rings (SSSR count). The van der Waals surface area contributed by atoms with Gasteiger partial charge in [-0.25, -0.2) is 0 Å². The van der Waals surface area contributed by atoms with Crippen molar-refractivity contribution < 1.29 is 29.3 Å². The molecule has 0 atom stereocenters. The molecular formula is C23H18N2O6. The van der Waals surface area contributed by atoms with Crippen LogP contribution in [-0.4, -0.2) is 27.7 Å². The van der Waals surface area contributed by atoms with Crippen LogP contribution in [0.5, 0.6) is 17.2 Å². The Labute approximate surface area is 176 Å². The van der Waals surface area contributed by atoms with Crippen LogP contribution in [0.2, 0.25) is 0 Å². The second-order valence-electron chi connectivity index (χ2n) is 7.27. The maximum absolute atomic E-state index is 13.2. The Morgan fingerprint density at radius 2 is 1.52 bits per heavy atom. The molecule has 0 heterocycles. The van der Waals surface area contributed by atoms with E-state index in [0.29, 0.717) is 16.9 Å². The van der Waals surface area contributed by atoms with Crippen LogP contribution >= 0.6 is 0 Å². The van der Waals surface area contributed by atoms with Crippen molar-refractivity contribution in [1.82, 2.24) is 0 Å². The molecule has 0 saturated carbocycles. The van der Waals surface area contributed by atoms with Crippen LogP contribution in [-0.2, 0) is 4.79 Å². The van der Waals surface area contributed by atoms with Crippen LogP contribution in [0.25, 0.3) is 11.1 Å². The lowest BCUT2D eigenvalue weighted by Crippen LogP contribution is -2.24. The number of aryl methyl sites for hydroxylation is 1. The number of fused-ring (bicyclic) bond motifs is 2. The average Bonchev–Trinajstić information content (AvgIpc) is 2.70. The second-order valence-corrected chi connectivity index (χ2v) is 7.27. The number of anilines is 2. The van der Waals surface area contributed by atoms with Crippen LogP contribution in [0, 0.1) is 6.92 Å². The Kier molecular flexibility index (Phi) is 4.43. The Hall–Kier alpha value is -4.33. The number of aromatic hydroxyl groups is 2. The highest BCUT2D eigenvalue weighted by atomic mass is 16.5. The number of carbonyl (C=O) groups excluding carboxylic acids is 3. The van der Waals surface area contributed by atoms with E-state index in [0.717, 1.165) is 0 Å². The topological polar surface area (TPSA) is 153 Å². The molecule has 1 aliphatic carbocycles. The molecule has 1 aliphatic rings. The minimum absolute atomic E-state index is 0.00162. The van der Waals surface area contributed by atoms with Crippen molar-refractivity contribution in [1.29, 1.82) is 0 Å². The van der Waals surface area contributed by atoms with E-state index in [2.05, 4.69) is 0 Å². The quantitative estimate of drug-likeness (QED) is 0.168. The van der Waals surface area contributed by atoms with E-state index in [1.165, 1.54) is 25.1 Å². The van der Waals surface area contributed by atoms with E-state index in [1.807, 2.05) is 0 Å². The summed E-state index contributed by atoms with van der Waals surface area (Å²) >= 11 is 0. The van der Waals surface area contributed by atoms with Crippen molar-refractivity contribution in [2.24, 2.45) is 0 Å². The highest BCUT2D eigenvalue weighted by Crippen LogP contribution is 2.45. The summed E-state index contributed by atoms with van der Waals surface area (Å²) in [4.78, 5) is 37.5. The Bertz CT molecular complexity index is 1330. The zero-order valence-electron chi connectivity index (χ0n) is 16.6. The van der Waals surface area contributed by atoms with Gasteiger partial charge >= 0.3 is 5.97 Å². The molecule has 0 saturated heterocycles. The first-order chi connectivity index (χ1) is 14.6. The number of ether oxygens (including phenoxy) is 1. The molecule has 0 spiro atoms. The SMILES string of the molecule is CC(=O)Oc1ccc(-c2cc(N)c3c(c2O)C(=O)c2c(N)ccc(O)c2C3=O)cc1C. The molecule has 0 bridgehead atoms. The largest absolute Gasteiger partial charge is 0.507 e. The minimum atomic E-state index is -0.711. The highest BCUT2D eigenvalue weighted by Gasteiger charge is 2.38. The zero-order chi connectivity index (χ0) is 22.6. The first-order valence-corrected chi connectivity index (χ1v) is 9.27. The fraction of sp³-hybridized carbons (Fsp3) is 0.0870. The maximum Gasteiger partial charge on any atom is 0.308 e. The zero-order valence-corrected chi connectivity index (χ0v) is 16.6. The normalized spacial score (nSPS) is 12.3. The third-order valence-electron chi connectivity index (χ3n) is 5.19. The van der Waals surface area contributed by atoms with Crippen LogP contribution in [0.4, 0.5) is 11.4 Å². The molecule has 0 aromatic heterocycles. The second kappa shape index (κ2) is 6.88. The summed E-state index contributed by atoms with van der Waals surface area (Å²) < 4.78 is 5.11. The summed E-state index contributed by atoms with van der Waals surface area (Å²) in [6.07, 6.45) is 0. The number of carbonyl (C=O) groups is 3. The fourth-order valence-electron chi connectivity index (χ4n) is 3.80. The molecule has 3 aromatic rings. The average molecular weight is 418 g/mol. The lowest BCUT2D eigenvalue weighted by atomic mass is 9.80. The van der Waals surface area contributed by atoms with Gasteiger partial charge in [-0.3, -0.25) is 14.4 Å². The van der Waals surface area contributed by atoms with E-state index in [4.69, 9.17) is 16.2 Å². The van der Waals surface area contributed by atoms with Gasteiger partial charge in [0.2, 0.25) is 11.6 Å². The van der Waals surface area contributed by atoms with E-state index in [1.54, 1.807) is 25.1 Å². The summed E-state index contributed by atoms with van der Waals surface area (Å²) in [5, 5.41) is 21.1. The molecule has 3 aromatic carbocycles. The minimum Gasteiger partial charge on any atom is -0.507 e. The van der Waals surface area contributed by atoms with Crippen LogP contribution < -0.4 is 16.2 Å². The summed E-state index contributed by atoms with van der Waals surface area (Å²) in [5.74, 6) is -2.36. The van der Waals surface area contributed by atoms with Crippen LogP contribution in [0.3, 0.4) is 0 Å². The molecule has 0 fully saturated rings. The fourth-order valence-corrected chi connectivity index (χ4v) is 3.80. The number of rotatable bonds is 2. The number of esters is 1. The van der Waals surface area contributed by atoms with Gasteiger partial charge in [-0.1, -0.05) is 6.07 Å². The molecular weight excluding hydrogens is 400 g/mol. The monoisotopic (exact) mass is 418 g/mol. The van der Waals surface area contributed by atoms with Crippen molar-refractivity contribution in [3.8, 4) is 28.4 Å². The predicted octanol–water partition coefficient (Wildman–Crippen LogP) is 2.94. The van der Waals surface area contributed by atoms with Gasteiger partial charge in [-0.2, -0.15) is 0 Å². The van der Waals surface area contributed by atoms with E-state index in [9.17, 15) is 24.6 Å². The van der Waals surface area contributed by atoms with Gasteiger partial charge in [0.1, 0.15) is 17.2 Å². The van der Waals surface area contributed by atoms with E-state index in [-0.39, 0.29) is 39.2 Å². The third-order valence-corrected chi connectivity index (χ3v) is 5.19. The number of benzene rings is 3. The summed E-state index contributed by atoms with van der Waals surface area (Å²) in [6, 6.07) is 8.72. The van der Waals surface area contributed by atoms with Crippen molar-refractivity contribution >= 4 is 28.9 Å². The van der Waals surface area contributed by atoms with Crippen LogP contribution in [0.15, 0.2) is 36.4 Å². The molecule has 6 N–H and O–H groups in total. The van der Waals surface area contributed by atoms with E-state index >= 15 is 0 Å². The molecule has 0 radical (unpaired) electrons.